The molecule has 1 heterocycles. The van der Waals surface area contributed by atoms with E-state index in [1.165, 1.54) is 4.31 Å². The van der Waals surface area contributed by atoms with Gasteiger partial charge in [0.05, 0.1) is 0 Å². The molecular formula is C13H21N3O2S. The van der Waals surface area contributed by atoms with Gasteiger partial charge in [-0.3, -0.25) is 0 Å². The number of benzene rings is 1. The number of nitrogens with zero attached hydrogens (tertiary/aromatic N) is 1. The van der Waals surface area contributed by atoms with Crippen LogP contribution in [0.25, 0.3) is 0 Å². The monoisotopic (exact) mass is 283 g/mol. The van der Waals surface area contributed by atoms with Crippen LogP contribution in [-0.4, -0.2) is 39.4 Å². The van der Waals surface area contributed by atoms with Crippen LogP contribution in [0.2, 0.25) is 0 Å². The van der Waals surface area contributed by atoms with Crippen molar-refractivity contribution in [1.82, 2.24) is 14.3 Å². The van der Waals surface area contributed by atoms with Crippen LogP contribution >= 0.6 is 0 Å². The Labute approximate surface area is 115 Å². The summed E-state index contributed by atoms with van der Waals surface area (Å²) in [5.74, 6) is 0.403. The van der Waals surface area contributed by atoms with Crippen LogP contribution < -0.4 is 10.0 Å². The van der Waals surface area contributed by atoms with Crippen molar-refractivity contribution < 1.29 is 8.42 Å². The zero-order valence-corrected chi connectivity index (χ0v) is 12.0. The lowest BCUT2D eigenvalue weighted by molar-refractivity contribution is 0.445. The molecule has 0 spiro atoms. The highest BCUT2D eigenvalue weighted by atomic mass is 32.2. The third kappa shape index (κ3) is 4.28. The van der Waals surface area contributed by atoms with E-state index >= 15 is 0 Å². The molecule has 5 nitrogen and oxygen atoms in total. The second-order valence-electron chi connectivity index (χ2n) is 4.95. The molecule has 6 heteroatoms. The first-order valence-corrected chi connectivity index (χ1v) is 7.97. The molecule has 1 aliphatic heterocycles. The Morgan fingerprint density at radius 2 is 2.11 bits per heavy atom. The highest BCUT2D eigenvalue weighted by Crippen LogP contribution is 2.09. The fourth-order valence-electron chi connectivity index (χ4n) is 2.15. The molecule has 19 heavy (non-hydrogen) atoms. The molecule has 1 saturated heterocycles. The van der Waals surface area contributed by atoms with E-state index < -0.39 is 10.2 Å². The van der Waals surface area contributed by atoms with Crippen LogP contribution in [-0.2, 0) is 16.8 Å². The maximum atomic E-state index is 12.1. The quantitative estimate of drug-likeness (QED) is 0.802. The minimum atomic E-state index is -3.39. The normalized spacial score (nSPS) is 20.0. The van der Waals surface area contributed by atoms with Gasteiger partial charge >= 0.3 is 0 Å². The largest absolute Gasteiger partial charge is 0.316 e. The van der Waals surface area contributed by atoms with Crippen molar-refractivity contribution in [1.29, 1.82) is 0 Å². The first kappa shape index (κ1) is 14.5. The van der Waals surface area contributed by atoms with Crippen molar-refractivity contribution in [3.63, 3.8) is 0 Å². The van der Waals surface area contributed by atoms with Gasteiger partial charge in [-0.25, -0.2) is 4.72 Å². The van der Waals surface area contributed by atoms with E-state index in [1.54, 1.807) is 7.05 Å². The predicted octanol–water partition coefficient (Wildman–Crippen LogP) is 0.562. The lowest BCUT2D eigenvalue weighted by atomic mass is 10.1. The molecular weight excluding hydrogens is 262 g/mol. The van der Waals surface area contributed by atoms with E-state index in [0.29, 0.717) is 19.0 Å². The molecule has 1 aliphatic rings. The number of rotatable bonds is 6. The highest BCUT2D eigenvalue weighted by Gasteiger charge is 2.21. The average Bonchev–Trinajstić information content (AvgIpc) is 2.91. The Morgan fingerprint density at radius 1 is 1.37 bits per heavy atom. The maximum Gasteiger partial charge on any atom is 0.279 e. The van der Waals surface area contributed by atoms with Crippen molar-refractivity contribution in [2.75, 3.05) is 26.7 Å². The average molecular weight is 283 g/mol. The molecule has 2 N–H and O–H groups in total. The summed E-state index contributed by atoms with van der Waals surface area (Å²) in [5.41, 5.74) is 0.984. The Morgan fingerprint density at radius 3 is 2.74 bits per heavy atom. The van der Waals surface area contributed by atoms with Crippen LogP contribution in [0.4, 0.5) is 0 Å². The van der Waals surface area contributed by atoms with E-state index in [-0.39, 0.29) is 0 Å². The van der Waals surface area contributed by atoms with Crippen molar-refractivity contribution in [3.8, 4) is 0 Å². The highest BCUT2D eigenvalue weighted by molar-refractivity contribution is 7.87. The summed E-state index contributed by atoms with van der Waals surface area (Å²) < 4.78 is 28.2. The summed E-state index contributed by atoms with van der Waals surface area (Å²) in [4.78, 5) is 0. The number of nitrogens with one attached hydrogen (secondary N) is 2. The first-order chi connectivity index (χ1) is 9.08. The fourth-order valence-corrected chi connectivity index (χ4v) is 3.13. The first-order valence-electron chi connectivity index (χ1n) is 6.53. The third-order valence-electron chi connectivity index (χ3n) is 3.38. The lowest BCUT2D eigenvalue weighted by Crippen LogP contribution is -2.40. The van der Waals surface area contributed by atoms with E-state index in [1.807, 2.05) is 30.3 Å². The molecule has 0 saturated carbocycles. The SMILES string of the molecule is CN(Cc1ccccc1)S(=O)(=O)NCC1CCNC1. The van der Waals surface area contributed by atoms with E-state index in [0.717, 1.165) is 25.1 Å². The second kappa shape index (κ2) is 6.47. The van der Waals surface area contributed by atoms with Gasteiger partial charge in [0, 0.05) is 20.1 Å². The summed E-state index contributed by atoms with van der Waals surface area (Å²) in [6.45, 7) is 2.77. The van der Waals surface area contributed by atoms with Crippen molar-refractivity contribution in [2.24, 2.45) is 5.92 Å². The predicted molar refractivity (Wildman–Crippen MR) is 75.8 cm³/mol. The summed E-state index contributed by atoms with van der Waals surface area (Å²) in [6.07, 6.45) is 1.03. The van der Waals surface area contributed by atoms with Crippen LogP contribution in [0.5, 0.6) is 0 Å². The molecule has 1 fully saturated rings. The van der Waals surface area contributed by atoms with E-state index in [9.17, 15) is 8.42 Å². The molecule has 106 valence electrons. The third-order valence-corrected chi connectivity index (χ3v) is 4.86. The van der Waals surface area contributed by atoms with Crippen LogP contribution in [0.3, 0.4) is 0 Å². The van der Waals surface area contributed by atoms with Gasteiger partial charge in [-0.05, 0) is 31.0 Å². The molecule has 0 bridgehead atoms. The Kier molecular flexibility index (Phi) is 4.93. The van der Waals surface area contributed by atoms with Crippen LogP contribution in [0.1, 0.15) is 12.0 Å². The maximum absolute atomic E-state index is 12.1. The van der Waals surface area contributed by atoms with Gasteiger partial charge in [0.1, 0.15) is 0 Å². The molecule has 1 unspecified atom stereocenters. The molecule has 0 amide bonds. The van der Waals surface area contributed by atoms with E-state index in [2.05, 4.69) is 10.0 Å². The summed E-state index contributed by atoms with van der Waals surface area (Å²) in [6, 6.07) is 9.59. The summed E-state index contributed by atoms with van der Waals surface area (Å²) >= 11 is 0. The van der Waals surface area contributed by atoms with Gasteiger partial charge in [0.25, 0.3) is 10.2 Å². The number of hydrogen-bond donors (Lipinski definition) is 2. The lowest BCUT2D eigenvalue weighted by Gasteiger charge is -2.19. The van der Waals surface area contributed by atoms with Crippen molar-refractivity contribution in [3.05, 3.63) is 35.9 Å². The molecule has 0 radical (unpaired) electrons. The summed E-state index contributed by atoms with van der Waals surface area (Å²) in [5, 5.41) is 3.23. The topological polar surface area (TPSA) is 61.4 Å². The smallest absolute Gasteiger partial charge is 0.279 e. The molecule has 1 aromatic rings. The minimum Gasteiger partial charge on any atom is -0.316 e. The number of hydrogen-bond acceptors (Lipinski definition) is 3. The summed E-state index contributed by atoms with van der Waals surface area (Å²) in [7, 11) is -1.79. The van der Waals surface area contributed by atoms with E-state index in [4.69, 9.17) is 0 Å². The van der Waals surface area contributed by atoms with Gasteiger partial charge in [-0.2, -0.15) is 12.7 Å². The Bertz CT molecular complexity index is 484. The Balaban J connectivity index is 1.87. The standard InChI is InChI=1S/C13H21N3O2S/c1-16(11-12-5-3-2-4-6-12)19(17,18)15-10-13-7-8-14-9-13/h2-6,13-15H,7-11H2,1H3. The van der Waals surface area contributed by atoms with Gasteiger partial charge < -0.3 is 5.32 Å². The van der Waals surface area contributed by atoms with Gasteiger partial charge in [0.15, 0.2) is 0 Å². The molecule has 1 aromatic carbocycles. The molecule has 0 aromatic heterocycles. The van der Waals surface area contributed by atoms with Crippen LogP contribution in [0.15, 0.2) is 30.3 Å². The minimum absolute atomic E-state index is 0.388. The van der Waals surface area contributed by atoms with Crippen molar-refractivity contribution in [2.45, 2.75) is 13.0 Å². The van der Waals surface area contributed by atoms with Gasteiger partial charge in [-0.15, -0.1) is 0 Å². The molecule has 2 rings (SSSR count). The molecule has 0 aliphatic carbocycles. The van der Waals surface area contributed by atoms with Gasteiger partial charge in [0.2, 0.25) is 0 Å². The molecule has 1 atom stereocenters. The Hall–Kier alpha value is -0.950. The zero-order valence-electron chi connectivity index (χ0n) is 11.2. The van der Waals surface area contributed by atoms with Gasteiger partial charge in [-0.1, -0.05) is 30.3 Å². The zero-order chi connectivity index (χ0) is 13.7. The fraction of sp³-hybridized carbons (Fsp3) is 0.538. The van der Waals surface area contributed by atoms with Crippen molar-refractivity contribution >= 4 is 10.2 Å². The second-order valence-corrected chi connectivity index (χ2v) is 6.82. The van der Waals surface area contributed by atoms with Crippen LogP contribution in [0, 0.1) is 5.92 Å².